The predicted octanol–water partition coefficient (Wildman–Crippen LogP) is 2.78. The van der Waals surface area contributed by atoms with E-state index in [4.69, 9.17) is 15.6 Å². The highest BCUT2D eigenvalue weighted by Gasteiger charge is 2.11. The number of hydrogen-bond acceptors (Lipinski definition) is 3. The first-order valence-electron chi connectivity index (χ1n) is 5.55. The second-order valence-electron chi connectivity index (χ2n) is 5.21. The number of carboxylic acids is 1. The molecule has 0 bridgehead atoms. The van der Waals surface area contributed by atoms with E-state index in [1.165, 1.54) is 6.07 Å². The van der Waals surface area contributed by atoms with Crippen LogP contribution >= 0.6 is 0 Å². The molecule has 1 aromatic rings. The Balaban J connectivity index is 2.62. The molecule has 0 atom stereocenters. The molecule has 1 rings (SSSR count). The van der Waals surface area contributed by atoms with Gasteiger partial charge in [0, 0.05) is 11.8 Å². The number of rotatable bonds is 4. The van der Waals surface area contributed by atoms with E-state index in [0.29, 0.717) is 12.4 Å². The average Bonchev–Trinajstić information content (AvgIpc) is 2.15. The first-order valence-corrected chi connectivity index (χ1v) is 5.55. The summed E-state index contributed by atoms with van der Waals surface area (Å²) in [5.41, 5.74) is 6.17. The molecule has 0 saturated carbocycles. The standard InChI is InChI=1S/C13H19NO3/c1-13(2,3)6-7-17-9-4-5-10(12(15)16)11(14)8-9/h4-5,8H,6-7,14H2,1-3H3,(H,15,16). The maximum Gasteiger partial charge on any atom is 0.337 e. The van der Waals surface area contributed by atoms with Crippen molar-refractivity contribution in [2.75, 3.05) is 12.3 Å². The average molecular weight is 237 g/mol. The fourth-order valence-corrected chi connectivity index (χ4v) is 1.30. The van der Waals surface area contributed by atoms with Crippen molar-refractivity contribution in [3.05, 3.63) is 23.8 Å². The summed E-state index contributed by atoms with van der Waals surface area (Å²) in [6, 6.07) is 4.64. The van der Waals surface area contributed by atoms with Crippen LogP contribution in [0.1, 0.15) is 37.6 Å². The first kappa shape index (κ1) is 13.4. The minimum absolute atomic E-state index is 0.105. The Kier molecular flexibility index (Phi) is 3.99. The van der Waals surface area contributed by atoms with Crippen LogP contribution in [0.25, 0.3) is 0 Å². The highest BCUT2D eigenvalue weighted by atomic mass is 16.5. The maximum atomic E-state index is 10.8. The number of nitrogen functional groups attached to an aromatic ring is 1. The van der Waals surface area contributed by atoms with Crippen molar-refractivity contribution in [2.24, 2.45) is 5.41 Å². The molecule has 0 spiro atoms. The minimum atomic E-state index is -1.02. The van der Waals surface area contributed by atoms with E-state index >= 15 is 0 Å². The van der Waals surface area contributed by atoms with Gasteiger partial charge in [0.25, 0.3) is 0 Å². The molecule has 94 valence electrons. The van der Waals surface area contributed by atoms with Crippen molar-refractivity contribution in [3.63, 3.8) is 0 Å². The Morgan fingerprint density at radius 2 is 2.06 bits per heavy atom. The zero-order valence-corrected chi connectivity index (χ0v) is 10.5. The molecule has 3 N–H and O–H groups in total. The van der Waals surface area contributed by atoms with Gasteiger partial charge in [-0.25, -0.2) is 4.79 Å². The molecular formula is C13H19NO3. The molecule has 0 saturated heterocycles. The summed E-state index contributed by atoms with van der Waals surface area (Å²) >= 11 is 0. The topological polar surface area (TPSA) is 72.5 Å². The van der Waals surface area contributed by atoms with Crippen LogP contribution in [-0.4, -0.2) is 17.7 Å². The van der Waals surface area contributed by atoms with Crippen molar-refractivity contribution in [1.82, 2.24) is 0 Å². The molecule has 4 heteroatoms. The summed E-state index contributed by atoms with van der Waals surface area (Å²) in [6.45, 7) is 7.00. The summed E-state index contributed by atoms with van der Waals surface area (Å²) in [5, 5.41) is 8.82. The Morgan fingerprint density at radius 1 is 1.41 bits per heavy atom. The van der Waals surface area contributed by atoms with Gasteiger partial charge in [0.1, 0.15) is 5.75 Å². The highest BCUT2D eigenvalue weighted by molar-refractivity contribution is 5.93. The van der Waals surface area contributed by atoms with Gasteiger partial charge in [0.05, 0.1) is 12.2 Å². The number of nitrogens with two attached hydrogens (primary N) is 1. The fraction of sp³-hybridized carbons (Fsp3) is 0.462. The number of anilines is 1. The molecule has 0 amide bonds. The van der Waals surface area contributed by atoms with Gasteiger partial charge >= 0.3 is 5.97 Å². The summed E-state index contributed by atoms with van der Waals surface area (Å²) < 4.78 is 5.52. The minimum Gasteiger partial charge on any atom is -0.493 e. The Hall–Kier alpha value is -1.71. The van der Waals surface area contributed by atoms with Crippen molar-refractivity contribution in [1.29, 1.82) is 0 Å². The molecule has 0 radical (unpaired) electrons. The number of hydrogen-bond donors (Lipinski definition) is 2. The lowest BCUT2D eigenvalue weighted by molar-refractivity contribution is 0.0698. The zero-order chi connectivity index (χ0) is 13.1. The van der Waals surface area contributed by atoms with Crippen molar-refractivity contribution < 1.29 is 14.6 Å². The van der Waals surface area contributed by atoms with Crippen molar-refractivity contribution >= 4 is 11.7 Å². The van der Waals surface area contributed by atoms with Crippen molar-refractivity contribution in [3.8, 4) is 5.75 Å². The van der Waals surface area contributed by atoms with E-state index < -0.39 is 5.97 Å². The quantitative estimate of drug-likeness (QED) is 0.790. The van der Waals surface area contributed by atoms with E-state index in [0.717, 1.165) is 6.42 Å². The lowest BCUT2D eigenvalue weighted by Crippen LogP contribution is -2.11. The third-order valence-corrected chi connectivity index (χ3v) is 2.37. The number of carbonyl (C=O) groups is 1. The lowest BCUT2D eigenvalue weighted by atomic mass is 9.93. The fourth-order valence-electron chi connectivity index (χ4n) is 1.30. The molecule has 0 fully saturated rings. The molecule has 0 aliphatic carbocycles. The Bertz CT molecular complexity index is 408. The van der Waals surface area contributed by atoms with Crippen LogP contribution in [0.5, 0.6) is 5.75 Å². The van der Waals surface area contributed by atoms with Gasteiger partial charge in [0.15, 0.2) is 0 Å². The van der Waals surface area contributed by atoms with Crippen LogP contribution in [-0.2, 0) is 0 Å². The van der Waals surface area contributed by atoms with Gasteiger partial charge in [-0.1, -0.05) is 20.8 Å². The van der Waals surface area contributed by atoms with Crippen LogP contribution in [0, 0.1) is 5.41 Å². The second kappa shape index (κ2) is 5.08. The monoisotopic (exact) mass is 237 g/mol. The summed E-state index contributed by atoms with van der Waals surface area (Å²) in [5.74, 6) is -0.416. The third-order valence-electron chi connectivity index (χ3n) is 2.37. The summed E-state index contributed by atoms with van der Waals surface area (Å²) in [7, 11) is 0. The number of benzene rings is 1. The van der Waals surface area contributed by atoms with Crippen LogP contribution in [0.3, 0.4) is 0 Å². The molecule has 0 heterocycles. The molecule has 0 aliphatic rings. The summed E-state index contributed by atoms with van der Waals surface area (Å²) in [4.78, 5) is 10.8. The number of aromatic carboxylic acids is 1. The number of ether oxygens (including phenoxy) is 1. The first-order chi connectivity index (χ1) is 7.79. The van der Waals surface area contributed by atoms with Gasteiger partial charge in [-0.05, 0) is 24.0 Å². The molecule has 1 aromatic carbocycles. The molecule has 4 nitrogen and oxygen atoms in total. The lowest BCUT2D eigenvalue weighted by Gasteiger charge is -2.18. The van der Waals surface area contributed by atoms with Crippen LogP contribution in [0.2, 0.25) is 0 Å². The zero-order valence-electron chi connectivity index (χ0n) is 10.5. The highest BCUT2D eigenvalue weighted by Crippen LogP contribution is 2.22. The van der Waals surface area contributed by atoms with Crippen LogP contribution in [0.4, 0.5) is 5.69 Å². The number of carboxylic acid groups (broad SMARTS) is 1. The van der Waals surface area contributed by atoms with Gasteiger partial charge in [0.2, 0.25) is 0 Å². The van der Waals surface area contributed by atoms with E-state index in [-0.39, 0.29) is 16.7 Å². The summed E-state index contributed by atoms with van der Waals surface area (Å²) in [6.07, 6.45) is 0.924. The van der Waals surface area contributed by atoms with E-state index in [9.17, 15) is 4.79 Å². The molecule has 17 heavy (non-hydrogen) atoms. The molecule has 0 aliphatic heterocycles. The van der Waals surface area contributed by atoms with E-state index in [2.05, 4.69) is 20.8 Å². The predicted molar refractivity (Wildman–Crippen MR) is 67.4 cm³/mol. The van der Waals surface area contributed by atoms with Gasteiger partial charge in [-0.3, -0.25) is 0 Å². The molecule has 0 unspecified atom stereocenters. The smallest absolute Gasteiger partial charge is 0.337 e. The Morgan fingerprint density at radius 3 is 2.53 bits per heavy atom. The van der Waals surface area contributed by atoms with E-state index in [1.54, 1.807) is 12.1 Å². The SMILES string of the molecule is CC(C)(C)CCOc1ccc(C(=O)O)c(N)c1. The third kappa shape index (κ3) is 4.34. The second-order valence-corrected chi connectivity index (χ2v) is 5.21. The molecule has 0 aromatic heterocycles. The van der Waals surface area contributed by atoms with Gasteiger partial charge in [-0.2, -0.15) is 0 Å². The van der Waals surface area contributed by atoms with Crippen LogP contribution < -0.4 is 10.5 Å². The van der Waals surface area contributed by atoms with Crippen LogP contribution in [0.15, 0.2) is 18.2 Å². The van der Waals surface area contributed by atoms with Crippen molar-refractivity contribution in [2.45, 2.75) is 27.2 Å². The van der Waals surface area contributed by atoms with Gasteiger partial charge in [-0.15, -0.1) is 0 Å². The maximum absolute atomic E-state index is 10.8. The van der Waals surface area contributed by atoms with E-state index in [1.807, 2.05) is 0 Å². The largest absolute Gasteiger partial charge is 0.493 e. The Labute approximate surface area is 101 Å². The van der Waals surface area contributed by atoms with Gasteiger partial charge < -0.3 is 15.6 Å². The normalized spacial score (nSPS) is 11.2. The molecular weight excluding hydrogens is 218 g/mol.